The molecule has 1 amide bonds. The van der Waals surface area contributed by atoms with Crippen LogP contribution in [0.25, 0.3) is 11.0 Å². The number of carbonyl (C=O) groups excluding carboxylic acids is 1. The molecule has 1 aromatic carbocycles. The van der Waals surface area contributed by atoms with Crippen molar-refractivity contribution in [3.63, 3.8) is 0 Å². The van der Waals surface area contributed by atoms with Gasteiger partial charge in [-0.1, -0.05) is 29.3 Å². The van der Waals surface area contributed by atoms with Crippen LogP contribution in [0.3, 0.4) is 0 Å². The van der Waals surface area contributed by atoms with Crippen molar-refractivity contribution >= 4 is 40.1 Å². The van der Waals surface area contributed by atoms with Gasteiger partial charge in [0.1, 0.15) is 6.54 Å². The lowest BCUT2D eigenvalue weighted by Gasteiger charge is -2.34. The van der Waals surface area contributed by atoms with Crippen molar-refractivity contribution in [3.05, 3.63) is 56.8 Å². The molecule has 3 aromatic rings. The minimum Gasteiger partial charge on any atom is -0.339 e. The van der Waals surface area contributed by atoms with Crippen molar-refractivity contribution < 1.29 is 13.6 Å². The van der Waals surface area contributed by atoms with Gasteiger partial charge in [0, 0.05) is 49.9 Å². The van der Waals surface area contributed by atoms with E-state index in [0.29, 0.717) is 45.6 Å². The number of benzene rings is 1. The van der Waals surface area contributed by atoms with Gasteiger partial charge in [0.2, 0.25) is 5.91 Å². The van der Waals surface area contributed by atoms with Crippen LogP contribution in [-0.2, 0) is 17.9 Å². The Morgan fingerprint density at radius 2 is 1.85 bits per heavy atom. The number of nitrogens with zero attached hydrogens (tertiary/aromatic N) is 5. The van der Waals surface area contributed by atoms with Crippen LogP contribution in [-0.4, -0.2) is 56.7 Å². The number of piperazine rings is 1. The largest absolute Gasteiger partial charge is 0.339 e. The monoisotopic (exact) mass is 507 g/mol. The fourth-order valence-corrected chi connectivity index (χ4v) is 4.88. The average molecular weight is 508 g/mol. The molecule has 0 atom stereocenters. The molecular weight excluding hydrogens is 483 g/mol. The van der Waals surface area contributed by atoms with Crippen molar-refractivity contribution in [1.29, 1.82) is 0 Å². The van der Waals surface area contributed by atoms with Gasteiger partial charge in [0.15, 0.2) is 5.65 Å². The highest BCUT2D eigenvalue weighted by Crippen LogP contribution is 2.42. The molecule has 0 N–H and O–H groups in total. The van der Waals surface area contributed by atoms with E-state index >= 15 is 0 Å². The van der Waals surface area contributed by atoms with Crippen molar-refractivity contribution in [3.8, 4) is 0 Å². The molecule has 10 heteroatoms. The summed E-state index contributed by atoms with van der Waals surface area (Å²) in [4.78, 5) is 21.8. The van der Waals surface area contributed by atoms with E-state index in [2.05, 4.69) is 15.0 Å². The summed E-state index contributed by atoms with van der Waals surface area (Å²) in [6.07, 6.45) is -0.696. The van der Waals surface area contributed by atoms with Crippen LogP contribution in [0.15, 0.2) is 24.3 Å². The molecule has 180 valence electrons. The van der Waals surface area contributed by atoms with Crippen LogP contribution in [0.2, 0.25) is 10.0 Å². The second-order valence-electron chi connectivity index (χ2n) is 9.06. The van der Waals surface area contributed by atoms with Crippen LogP contribution in [0, 0.1) is 6.92 Å². The fraction of sp³-hybridized carbons (Fsp3) is 0.458. The summed E-state index contributed by atoms with van der Waals surface area (Å²) in [6, 6.07) is 7.12. The molecule has 0 unspecified atom stereocenters. The first kappa shape index (κ1) is 23.5. The third kappa shape index (κ3) is 4.76. The predicted octanol–water partition coefficient (Wildman–Crippen LogP) is 5.21. The maximum atomic E-state index is 13.8. The van der Waals surface area contributed by atoms with Crippen LogP contribution in [0.5, 0.6) is 0 Å². The molecule has 1 aliphatic heterocycles. The summed E-state index contributed by atoms with van der Waals surface area (Å²) < 4.78 is 29.1. The third-order valence-corrected chi connectivity index (χ3v) is 7.30. The van der Waals surface area contributed by atoms with E-state index in [1.807, 2.05) is 12.1 Å². The molecular formula is C24H25Cl2F2N5O. The van der Waals surface area contributed by atoms with Gasteiger partial charge < -0.3 is 4.90 Å². The molecule has 1 saturated heterocycles. The number of aromatic nitrogens is 3. The molecule has 5 rings (SSSR count). The van der Waals surface area contributed by atoms with Crippen LogP contribution in [0.4, 0.5) is 8.78 Å². The quantitative estimate of drug-likeness (QED) is 0.459. The molecule has 0 radical (unpaired) electrons. The van der Waals surface area contributed by atoms with Gasteiger partial charge in [-0.15, -0.1) is 0 Å². The lowest BCUT2D eigenvalue weighted by atomic mass is 10.1. The summed E-state index contributed by atoms with van der Waals surface area (Å²) in [5.74, 6) is 0.140. The van der Waals surface area contributed by atoms with E-state index in [0.717, 1.165) is 38.0 Å². The standard InChI is InChI=1S/C24H25Cl2F2N5O/c1-14-22-17(23(27)28)11-20(16-3-4-16)29-24(22)33(30-14)13-21(34)32-8-6-31(7-9-32)12-15-2-5-18(25)19(26)10-15/h2,5,10-11,16,23H,3-4,6-9,12-13H2,1H3. The zero-order valence-corrected chi connectivity index (χ0v) is 20.3. The Kier molecular flexibility index (Phi) is 6.48. The smallest absolute Gasteiger partial charge is 0.264 e. The summed E-state index contributed by atoms with van der Waals surface area (Å²) in [5.41, 5.74) is 2.55. The minimum atomic E-state index is -2.61. The second kappa shape index (κ2) is 9.40. The number of aryl methyl sites for hydroxylation is 1. The van der Waals surface area contributed by atoms with Crippen molar-refractivity contribution in [1.82, 2.24) is 24.6 Å². The fourth-order valence-electron chi connectivity index (χ4n) is 4.56. The third-order valence-electron chi connectivity index (χ3n) is 6.56. The molecule has 6 nitrogen and oxygen atoms in total. The van der Waals surface area contributed by atoms with Crippen molar-refractivity contribution in [2.24, 2.45) is 0 Å². The van der Waals surface area contributed by atoms with Gasteiger partial charge in [-0.3, -0.25) is 9.69 Å². The van der Waals surface area contributed by atoms with Gasteiger partial charge in [0.25, 0.3) is 6.43 Å². The Bertz CT molecular complexity index is 1240. The number of hydrogen-bond donors (Lipinski definition) is 0. The predicted molar refractivity (Wildman–Crippen MR) is 128 cm³/mol. The molecule has 2 aliphatic rings. The van der Waals surface area contributed by atoms with Crippen LogP contribution in [0.1, 0.15) is 47.7 Å². The number of pyridine rings is 1. The SMILES string of the molecule is Cc1nn(CC(=O)N2CCN(Cc3ccc(Cl)c(Cl)c3)CC2)c2nc(C3CC3)cc(C(F)F)c12. The Balaban J connectivity index is 1.27. The van der Waals surface area contributed by atoms with E-state index in [4.69, 9.17) is 23.2 Å². The Morgan fingerprint density at radius 3 is 2.50 bits per heavy atom. The van der Waals surface area contributed by atoms with Gasteiger partial charge >= 0.3 is 0 Å². The van der Waals surface area contributed by atoms with Crippen molar-refractivity contribution in [2.75, 3.05) is 26.2 Å². The summed E-state index contributed by atoms with van der Waals surface area (Å²) in [6.45, 7) is 5.03. The van der Waals surface area contributed by atoms with Crippen molar-refractivity contribution in [2.45, 2.75) is 45.2 Å². The number of halogens is 4. The summed E-state index contributed by atoms with van der Waals surface area (Å²) >= 11 is 12.1. The van der Waals surface area contributed by atoms with E-state index in [1.54, 1.807) is 17.9 Å². The van der Waals surface area contributed by atoms with E-state index in [9.17, 15) is 13.6 Å². The normalized spacial score (nSPS) is 17.2. The first-order chi connectivity index (χ1) is 16.3. The highest BCUT2D eigenvalue weighted by Gasteiger charge is 2.30. The molecule has 2 fully saturated rings. The van der Waals surface area contributed by atoms with Crippen LogP contribution >= 0.6 is 23.2 Å². The lowest BCUT2D eigenvalue weighted by molar-refractivity contribution is -0.133. The number of fused-ring (bicyclic) bond motifs is 1. The molecule has 1 aliphatic carbocycles. The molecule has 1 saturated carbocycles. The Morgan fingerprint density at radius 1 is 1.12 bits per heavy atom. The van der Waals surface area contributed by atoms with E-state index in [1.165, 1.54) is 10.7 Å². The highest BCUT2D eigenvalue weighted by atomic mass is 35.5. The number of carbonyl (C=O) groups is 1. The maximum absolute atomic E-state index is 13.8. The Hall–Kier alpha value is -2.29. The average Bonchev–Trinajstić information content (AvgIpc) is 3.61. The van der Waals surface area contributed by atoms with E-state index in [-0.39, 0.29) is 23.9 Å². The number of amides is 1. The lowest BCUT2D eigenvalue weighted by Crippen LogP contribution is -2.49. The van der Waals surface area contributed by atoms with Gasteiger partial charge in [-0.25, -0.2) is 18.4 Å². The molecule has 0 bridgehead atoms. The van der Waals surface area contributed by atoms with E-state index < -0.39 is 6.43 Å². The molecule has 34 heavy (non-hydrogen) atoms. The number of rotatable bonds is 6. The zero-order valence-electron chi connectivity index (χ0n) is 18.8. The summed E-state index contributed by atoms with van der Waals surface area (Å²) in [5, 5.41) is 5.83. The molecule has 2 aromatic heterocycles. The van der Waals surface area contributed by atoms with Gasteiger partial charge in [-0.2, -0.15) is 5.10 Å². The maximum Gasteiger partial charge on any atom is 0.264 e. The number of alkyl halides is 2. The minimum absolute atomic E-state index is 0.0130. The first-order valence-corrected chi connectivity index (χ1v) is 12.2. The summed E-state index contributed by atoms with van der Waals surface area (Å²) in [7, 11) is 0. The first-order valence-electron chi connectivity index (χ1n) is 11.4. The number of hydrogen-bond acceptors (Lipinski definition) is 4. The molecule has 3 heterocycles. The van der Waals surface area contributed by atoms with Gasteiger partial charge in [0.05, 0.1) is 21.1 Å². The highest BCUT2D eigenvalue weighted by molar-refractivity contribution is 6.42. The Labute approximate surface area is 206 Å². The zero-order chi connectivity index (χ0) is 24.0. The molecule has 0 spiro atoms. The second-order valence-corrected chi connectivity index (χ2v) is 9.87. The van der Waals surface area contributed by atoms with Crippen LogP contribution < -0.4 is 0 Å². The topological polar surface area (TPSA) is 54.3 Å². The van der Waals surface area contributed by atoms with Gasteiger partial charge in [-0.05, 0) is 43.5 Å².